The fourth-order valence-corrected chi connectivity index (χ4v) is 7.47. The van der Waals surface area contributed by atoms with Crippen LogP contribution in [-0.4, -0.2) is 41.5 Å². The highest BCUT2D eigenvalue weighted by atomic mass is 16.3. The molecule has 0 aromatic heterocycles. The second-order valence-electron chi connectivity index (χ2n) is 14.3. The van der Waals surface area contributed by atoms with E-state index in [9.17, 15) is 19.5 Å². The third kappa shape index (κ3) is 7.68. The number of amides is 2. The fraction of sp³-hybridized carbons (Fsp3) is 0.208. The Balaban J connectivity index is 1.35. The van der Waals surface area contributed by atoms with E-state index in [1.165, 1.54) is 13.8 Å². The van der Waals surface area contributed by atoms with E-state index in [-0.39, 0.29) is 34.5 Å². The molecular weight excluding hydrogens is 697 g/mol. The molecule has 0 saturated carbocycles. The van der Waals surface area contributed by atoms with Crippen LogP contribution < -0.4 is 20.1 Å². The maximum Gasteiger partial charge on any atom is 0.221 e. The van der Waals surface area contributed by atoms with Crippen LogP contribution >= 0.6 is 0 Å². The molecule has 8 nitrogen and oxygen atoms in total. The van der Waals surface area contributed by atoms with Gasteiger partial charge in [-0.15, -0.1) is 0 Å². The monoisotopic (exact) mass is 743 g/mol. The summed E-state index contributed by atoms with van der Waals surface area (Å²) in [5.41, 5.74) is 5.42. The lowest BCUT2D eigenvalue weighted by molar-refractivity contribution is -0.118. The van der Waals surface area contributed by atoms with Gasteiger partial charge in [-0.1, -0.05) is 75.2 Å². The number of rotatable bonds is 12. The standard InChI is InChI=1S/C48H46N4O4/c1-5-7-25-51(26-8-6-2)37-21-23-41(43(29-37)49-31(3)53)45-47(55)46(48(45)56)42-24-22-40(30-44(42)50-32(4)54)52(38-19-17-33-13-9-11-15-35(33)27-38)39-20-18-34-14-10-12-16-36(34)28-39/h9-24,27-30H,5-8,25-26H2,1-4H3,(H2,49,50,53,54,55,56)/p+1. The molecule has 2 amide bonds. The van der Waals surface area contributed by atoms with Gasteiger partial charge in [-0.25, -0.2) is 0 Å². The molecule has 0 unspecified atom stereocenters. The Kier molecular flexibility index (Phi) is 11.1. The first kappa shape index (κ1) is 37.8. The van der Waals surface area contributed by atoms with Gasteiger partial charge in [-0.2, -0.15) is 4.58 Å². The van der Waals surface area contributed by atoms with Gasteiger partial charge in [0.05, 0.1) is 22.5 Å². The van der Waals surface area contributed by atoms with Crippen molar-refractivity contribution < 1.29 is 19.5 Å². The molecule has 8 heteroatoms. The maximum absolute atomic E-state index is 14.2. The average Bonchev–Trinajstić information content (AvgIpc) is 3.19. The molecule has 0 radical (unpaired) electrons. The van der Waals surface area contributed by atoms with Crippen LogP contribution in [0.5, 0.6) is 0 Å². The van der Waals surface area contributed by atoms with Crippen molar-refractivity contribution in [1.29, 1.82) is 0 Å². The van der Waals surface area contributed by atoms with Crippen LogP contribution in [0.1, 0.15) is 58.9 Å². The Morgan fingerprint density at radius 3 is 1.79 bits per heavy atom. The van der Waals surface area contributed by atoms with E-state index in [0.717, 1.165) is 83.1 Å². The van der Waals surface area contributed by atoms with Gasteiger partial charge in [0.25, 0.3) is 0 Å². The van der Waals surface area contributed by atoms with Crippen molar-refractivity contribution in [2.24, 2.45) is 0 Å². The Bertz CT molecular complexity index is 2470. The summed E-state index contributed by atoms with van der Waals surface area (Å²) in [6.45, 7) is 8.92. The lowest BCUT2D eigenvalue weighted by Crippen LogP contribution is -2.30. The third-order valence-corrected chi connectivity index (χ3v) is 10.3. The number of hydrogen-bond donors (Lipinski definition) is 3. The zero-order chi connectivity index (χ0) is 39.3. The van der Waals surface area contributed by atoms with Gasteiger partial charge >= 0.3 is 0 Å². The van der Waals surface area contributed by atoms with E-state index in [2.05, 4.69) is 94.6 Å². The Morgan fingerprint density at radius 2 is 1.25 bits per heavy atom. The van der Waals surface area contributed by atoms with E-state index >= 15 is 0 Å². The van der Waals surface area contributed by atoms with Crippen LogP contribution in [0, 0.1) is 0 Å². The lowest BCUT2D eigenvalue weighted by Gasteiger charge is -2.29. The average molecular weight is 744 g/mol. The second kappa shape index (κ2) is 16.4. The fourth-order valence-electron chi connectivity index (χ4n) is 7.47. The molecule has 5 aromatic carbocycles. The highest BCUT2D eigenvalue weighted by Crippen LogP contribution is 2.43. The van der Waals surface area contributed by atoms with E-state index in [4.69, 9.17) is 0 Å². The van der Waals surface area contributed by atoms with Crippen molar-refractivity contribution in [3.05, 3.63) is 150 Å². The topological polar surface area (TPSA) is 102 Å². The van der Waals surface area contributed by atoms with Crippen LogP contribution in [-0.2, 0) is 14.4 Å². The Hall–Kier alpha value is -6.54. The number of aliphatic hydroxyl groups is 1. The van der Waals surface area contributed by atoms with Crippen molar-refractivity contribution in [3.63, 3.8) is 0 Å². The number of benzene rings is 5. The number of hydrogen-bond acceptors (Lipinski definition) is 5. The lowest BCUT2D eigenvalue weighted by atomic mass is 9.78. The molecule has 5 aromatic rings. The predicted molar refractivity (Wildman–Crippen MR) is 230 cm³/mol. The molecule has 0 fully saturated rings. The van der Waals surface area contributed by atoms with Crippen molar-refractivity contribution in [3.8, 4) is 0 Å². The molecule has 2 aliphatic carbocycles. The predicted octanol–water partition coefficient (Wildman–Crippen LogP) is 10.1. The number of allylic oxidation sites excluding steroid dienone is 5. The number of Topliss-reactive ketones (excluding diaryl/α,β-unsaturated/α-hetero) is 1. The van der Waals surface area contributed by atoms with Gasteiger partial charge in [-0.3, -0.25) is 14.4 Å². The number of unbranched alkanes of at least 4 members (excludes halogenated alkanes) is 2. The van der Waals surface area contributed by atoms with Gasteiger partial charge in [-0.05, 0) is 70.8 Å². The second-order valence-corrected chi connectivity index (χ2v) is 14.3. The molecular formula is C48H47N4O4+. The molecule has 0 heterocycles. The maximum atomic E-state index is 14.2. The van der Waals surface area contributed by atoms with Crippen LogP contribution in [0.25, 0.3) is 27.1 Å². The summed E-state index contributed by atoms with van der Waals surface area (Å²) >= 11 is 0. The smallest absolute Gasteiger partial charge is 0.221 e. The minimum Gasteiger partial charge on any atom is -0.506 e. The summed E-state index contributed by atoms with van der Waals surface area (Å²) in [5.74, 6) is -1.17. The van der Waals surface area contributed by atoms with E-state index in [1.807, 2.05) is 48.6 Å². The van der Waals surface area contributed by atoms with Crippen molar-refractivity contribution in [2.45, 2.75) is 53.4 Å². The summed E-state index contributed by atoms with van der Waals surface area (Å²) in [4.78, 5) is 41.5. The normalized spacial score (nSPS) is 15.2. The molecule has 0 spiro atoms. The number of nitrogens with zero attached hydrogens (tertiary/aromatic N) is 2. The zero-order valence-corrected chi connectivity index (χ0v) is 32.4. The molecule has 0 atom stereocenters. The highest BCUT2D eigenvalue weighted by Gasteiger charge is 2.40. The van der Waals surface area contributed by atoms with E-state index in [0.29, 0.717) is 22.5 Å². The number of nitrogens with one attached hydrogen (secondary N) is 2. The van der Waals surface area contributed by atoms with E-state index < -0.39 is 0 Å². The molecule has 0 saturated heterocycles. The molecule has 2 aliphatic rings. The van der Waals surface area contributed by atoms with E-state index in [1.54, 1.807) is 12.1 Å². The number of aliphatic hydroxyl groups excluding tert-OH is 1. The van der Waals surface area contributed by atoms with Gasteiger partial charge in [0, 0.05) is 80.2 Å². The molecule has 282 valence electrons. The third-order valence-electron chi connectivity index (χ3n) is 10.3. The van der Waals surface area contributed by atoms with Gasteiger partial charge in [0.1, 0.15) is 5.76 Å². The van der Waals surface area contributed by atoms with Crippen LogP contribution in [0.3, 0.4) is 0 Å². The first-order valence-corrected chi connectivity index (χ1v) is 19.4. The first-order chi connectivity index (χ1) is 27.2. The molecule has 3 N–H and O–H groups in total. The van der Waals surface area contributed by atoms with Crippen LogP contribution in [0.15, 0.2) is 144 Å². The molecule has 0 bridgehead atoms. The minimum absolute atomic E-state index is 0.101. The van der Waals surface area contributed by atoms with Crippen molar-refractivity contribution in [1.82, 2.24) is 9.89 Å². The summed E-state index contributed by atoms with van der Waals surface area (Å²) in [6, 6.07) is 34.6. The Labute approximate surface area is 327 Å². The zero-order valence-electron chi connectivity index (χ0n) is 32.4. The quantitative estimate of drug-likeness (QED) is 0.0873. The molecule has 56 heavy (non-hydrogen) atoms. The highest BCUT2D eigenvalue weighted by molar-refractivity contribution is 6.40. The van der Waals surface area contributed by atoms with Crippen LogP contribution in [0.2, 0.25) is 0 Å². The van der Waals surface area contributed by atoms with Gasteiger partial charge < -0.3 is 20.6 Å². The first-order valence-electron chi connectivity index (χ1n) is 19.4. The number of carbonyl (C=O) groups is 3. The van der Waals surface area contributed by atoms with Crippen molar-refractivity contribution >= 4 is 73.2 Å². The van der Waals surface area contributed by atoms with Crippen LogP contribution in [0.4, 0.5) is 22.7 Å². The number of anilines is 2. The number of ketones is 1. The molecule has 0 aliphatic heterocycles. The SMILES string of the molecule is CCCCN(CCCC)c1ccc(C2=C(O)C(=C3C=CC(=[N+](c4ccc5ccccc5c4)c4ccc5ccccc5c4)C=C3NC(C)=O)C2=O)c(NC(C)=O)c1. The van der Waals surface area contributed by atoms with Gasteiger partial charge in [0.2, 0.25) is 34.7 Å². The van der Waals surface area contributed by atoms with Gasteiger partial charge in [0.15, 0.2) is 0 Å². The summed E-state index contributed by atoms with van der Waals surface area (Å²) in [6.07, 6.45) is 9.68. The Morgan fingerprint density at radius 1 is 0.679 bits per heavy atom. The summed E-state index contributed by atoms with van der Waals surface area (Å²) in [7, 11) is 0. The minimum atomic E-state index is -0.379. The van der Waals surface area contributed by atoms with Crippen molar-refractivity contribution in [2.75, 3.05) is 23.3 Å². The largest absolute Gasteiger partial charge is 0.506 e. The summed E-state index contributed by atoms with van der Waals surface area (Å²) in [5, 5.41) is 21.9. The number of carbonyl (C=O) groups excluding carboxylic acids is 3. The molecule has 7 rings (SSSR count). The summed E-state index contributed by atoms with van der Waals surface area (Å²) < 4.78 is 2.12. The number of fused-ring (bicyclic) bond motifs is 2.